The number of hydrogen-bond donors (Lipinski definition) is 1. The normalized spacial score (nSPS) is 11.6. The second-order valence-electron chi connectivity index (χ2n) is 21.1. The van der Waals surface area contributed by atoms with Crippen LogP contribution >= 0.6 is 11.6 Å². The van der Waals surface area contributed by atoms with Crippen LogP contribution in [0.25, 0.3) is 160 Å². The molecule has 18 rings (SSSR count). The maximum Gasteiger partial charge on any atom is 0.235 e. The fraction of sp³-hybridized carbons (Fsp3) is 0. The molecule has 0 aliphatic carbocycles. The van der Waals surface area contributed by atoms with E-state index in [1.165, 1.54) is 60.1 Å². The van der Waals surface area contributed by atoms with Gasteiger partial charge in [-0.1, -0.05) is 206 Å². The van der Waals surface area contributed by atoms with E-state index in [1.54, 1.807) is 12.5 Å². The minimum Gasteiger partial charge on any atom is -0.464 e. The third kappa shape index (κ3) is 8.70. The zero-order valence-electron chi connectivity index (χ0n) is 45.5. The van der Waals surface area contributed by atoms with Crippen LogP contribution in [0.2, 0.25) is 5.28 Å². The van der Waals surface area contributed by atoms with E-state index in [0.717, 1.165) is 93.6 Å². The highest BCUT2D eigenvalue weighted by atomic mass is 35.5. The molecule has 6 heterocycles. The van der Waals surface area contributed by atoms with Crippen molar-refractivity contribution in [2.75, 3.05) is 0 Å². The number of rotatable bonds is 5. The van der Waals surface area contributed by atoms with Crippen molar-refractivity contribution in [1.29, 1.82) is 0 Å². The van der Waals surface area contributed by atoms with E-state index < -0.39 is 0 Å². The molecule has 400 valence electrons. The van der Waals surface area contributed by atoms with Crippen LogP contribution < -0.4 is 0 Å². The molecule has 9 heteroatoms. The van der Waals surface area contributed by atoms with E-state index >= 15 is 0 Å². The van der Waals surface area contributed by atoms with Crippen LogP contribution in [0.5, 0.6) is 0 Å². The molecule has 1 N–H and O–H groups in total. The number of benzene rings is 12. The molecular weight excluding hydrogens is 1060 g/mol. The van der Waals surface area contributed by atoms with Crippen molar-refractivity contribution in [1.82, 2.24) is 29.5 Å². The number of hydrogen-bond acceptors (Lipinski definition) is 6. The number of fused-ring (bicyclic) bond motifs is 14. The predicted molar refractivity (Wildman–Crippen MR) is 351 cm³/mol. The highest BCUT2D eigenvalue weighted by Gasteiger charge is 2.20. The van der Waals surface area contributed by atoms with E-state index in [0.29, 0.717) is 5.95 Å². The number of H-pyrrole nitrogens is 1. The van der Waals surface area contributed by atoms with Gasteiger partial charge in [-0.25, -0.2) is 19.9 Å². The number of nitrogens with one attached hydrogen (secondary N) is 1. The topological polar surface area (TPSA) is 98.6 Å². The Labute approximate surface area is 491 Å². The molecule has 0 saturated heterocycles. The Balaban J connectivity index is 0.000000116. The Bertz CT molecular complexity index is 5570. The van der Waals surface area contributed by atoms with Gasteiger partial charge in [-0.15, -0.1) is 0 Å². The number of para-hydroxylation sites is 4. The van der Waals surface area contributed by atoms with E-state index in [9.17, 15) is 0 Å². The van der Waals surface area contributed by atoms with Crippen molar-refractivity contribution < 1.29 is 8.83 Å². The summed E-state index contributed by atoms with van der Waals surface area (Å²) in [5, 5.41) is 14.3. The van der Waals surface area contributed by atoms with Crippen LogP contribution in [0.3, 0.4) is 0 Å². The van der Waals surface area contributed by atoms with Gasteiger partial charge in [0.1, 0.15) is 11.2 Å². The molecule has 12 aromatic carbocycles. The summed E-state index contributed by atoms with van der Waals surface area (Å²) in [5.74, 6) is 0.640. The molecule has 8 nitrogen and oxygen atoms in total. The van der Waals surface area contributed by atoms with Crippen molar-refractivity contribution in [3.8, 4) is 50.7 Å². The molecular formula is C76H47ClN6O2. The average molecular weight is 1110 g/mol. The maximum atomic E-state index is 6.14. The van der Waals surface area contributed by atoms with Crippen LogP contribution in [0.4, 0.5) is 0 Å². The monoisotopic (exact) mass is 1110 g/mol. The third-order valence-corrected chi connectivity index (χ3v) is 16.4. The number of halogens is 1. The quantitative estimate of drug-likeness (QED) is 0.172. The second-order valence-corrected chi connectivity index (χ2v) is 21.4. The molecule has 18 aromatic rings. The molecule has 6 aromatic heterocycles. The molecule has 0 spiro atoms. The summed E-state index contributed by atoms with van der Waals surface area (Å²) >= 11 is 6.14. The zero-order chi connectivity index (χ0) is 56.4. The first-order chi connectivity index (χ1) is 42.1. The number of aromatic amines is 1. The molecule has 0 radical (unpaired) electrons. The lowest BCUT2D eigenvalue weighted by atomic mass is 9.96. The van der Waals surface area contributed by atoms with Crippen molar-refractivity contribution in [2.24, 2.45) is 0 Å². The second kappa shape index (κ2) is 20.7. The van der Waals surface area contributed by atoms with Gasteiger partial charge in [0.2, 0.25) is 11.2 Å². The van der Waals surface area contributed by atoms with E-state index in [2.05, 4.69) is 226 Å². The zero-order valence-corrected chi connectivity index (χ0v) is 46.2. The summed E-state index contributed by atoms with van der Waals surface area (Å²) in [5.41, 5.74) is 16.6. The van der Waals surface area contributed by atoms with Gasteiger partial charge in [-0.3, -0.25) is 4.57 Å². The highest BCUT2D eigenvalue weighted by Crippen LogP contribution is 2.39. The van der Waals surface area contributed by atoms with Crippen molar-refractivity contribution in [3.63, 3.8) is 0 Å². The fourth-order valence-electron chi connectivity index (χ4n) is 12.3. The first kappa shape index (κ1) is 49.6. The third-order valence-electron chi connectivity index (χ3n) is 16.3. The van der Waals surface area contributed by atoms with Crippen molar-refractivity contribution >= 4 is 121 Å². The molecule has 0 unspecified atom stereocenters. The van der Waals surface area contributed by atoms with Crippen LogP contribution in [0.15, 0.2) is 288 Å². The fourth-order valence-corrected chi connectivity index (χ4v) is 12.5. The van der Waals surface area contributed by atoms with Gasteiger partial charge < -0.3 is 13.8 Å². The number of furan rings is 2. The van der Waals surface area contributed by atoms with Crippen LogP contribution in [0, 0.1) is 0 Å². The van der Waals surface area contributed by atoms with Gasteiger partial charge in [0.15, 0.2) is 0 Å². The summed E-state index contributed by atoms with van der Waals surface area (Å²) in [6.45, 7) is 0. The standard InChI is InChI=1S/C38H23N3O.C24H15ClN2.C14H9NO/c1-2-10-27-24(8-1)9-7-13-28(27)25-16-18-26(19-17-25)36-31-12-3-5-14-33(31)39-38(40-36)41-34-15-6-4-11-29(34)30-20-21-35-32(37(30)41)22-23-42-35;25-24-26-22-11-4-3-9-21(22)23(27-24)18-14-12-17(13-15-18)20-10-5-7-16-6-1-2-8-19(16)20;1-2-4-12-9(3-1)10-5-6-13-11(7-8-16-13)14(10)15-12/h1-23H;1-15H;1-8,15H. The first-order valence-corrected chi connectivity index (χ1v) is 28.6. The molecule has 0 aliphatic rings. The van der Waals surface area contributed by atoms with Crippen LogP contribution in [-0.2, 0) is 0 Å². The van der Waals surface area contributed by atoms with E-state index in [-0.39, 0.29) is 5.28 Å². The molecule has 0 amide bonds. The lowest BCUT2D eigenvalue weighted by molar-refractivity contribution is 0.615. The Hall–Kier alpha value is -11.2. The van der Waals surface area contributed by atoms with Crippen LogP contribution in [0.1, 0.15) is 0 Å². The average Bonchev–Trinajstić information content (AvgIpc) is 4.58. The lowest BCUT2D eigenvalue weighted by Crippen LogP contribution is -2.03. The number of nitrogens with zero attached hydrogens (tertiary/aromatic N) is 5. The smallest absolute Gasteiger partial charge is 0.235 e. The number of aromatic nitrogens is 6. The Morgan fingerprint density at radius 2 is 0.812 bits per heavy atom. The molecule has 0 saturated carbocycles. The van der Waals surface area contributed by atoms with Crippen molar-refractivity contribution in [2.45, 2.75) is 0 Å². The minimum atomic E-state index is 0.266. The Kier molecular flexibility index (Phi) is 12.1. The first-order valence-electron chi connectivity index (χ1n) is 28.2. The minimum absolute atomic E-state index is 0.266. The molecule has 0 bridgehead atoms. The molecule has 85 heavy (non-hydrogen) atoms. The van der Waals surface area contributed by atoms with Gasteiger partial charge in [-0.2, -0.15) is 0 Å². The van der Waals surface area contributed by atoms with Gasteiger partial charge >= 0.3 is 0 Å². The van der Waals surface area contributed by atoms with Gasteiger partial charge in [0.05, 0.1) is 51.5 Å². The molecule has 0 atom stereocenters. The van der Waals surface area contributed by atoms with Gasteiger partial charge in [-0.05, 0) is 116 Å². The summed E-state index contributed by atoms with van der Waals surface area (Å²) < 4.78 is 13.4. The van der Waals surface area contributed by atoms with E-state index in [1.807, 2.05) is 60.7 Å². The summed E-state index contributed by atoms with van der Waals surface area (Å²) in [7, 11) is 0. The summed E-state index contributed by atoms with van der Waals surface area (Å²) in [6.07, 6.45) is 3.48. The van der Waals surface area contributed by atoms with Gasteiger partial charge in [0, 0.05) is 59.7 Å². The summed E-state index contributed by atoms with van der Waals surface area (Å²) in [6, 6.07) is 92.4. The van der Waals surface area contributed by atoms with Gasteiger partial charge in [0.25, 0.3) is 0 Å². The molecule has 0 aliphatic heterocycles. The Morgan fingerprint density at radius 1 is 0.329 bits per heavy atom. The van der Waals surface area contributed by atoms with Crippen LogP contribution in [-0.4, -0.2) is 29.5 Å². The largest absolute Gasteiger partial charge is 0.464 e. The highest BCUT2D eigenvalue weighted by molar-refractivity contribution is 6.29. The lowest BCUT2D eigenvalue weighted by Gasteiger charge is -2.13. The predicted octanol–water partition coefficient (Wildman–Crippen LogP) is 20.8. The summed E-state index contributed by atoms with van der Waals surface area (Å²) in [4.78, 5) is 22.6. The van der Waals surface area contributed by atoms with Crippen molar-refractivity contribution in [3.05, 3.63) is 285 Å². The molecule has 0 fully saturated rings. The Morgan fingerprint density at radius 3 is 1.46 bits per heavy atom. The SMILES string of the molecule is Clc1nc(-c2ccc(-c3cccc4ccccc34)cc2)c2ccccc2n1.c1ccc2c(-c3ccc(-c4nc(-n5c6ccccc6c6ccc7occc7c65)nc5ccccc45)cc3)cccc2c1.c1ccc2c(c1)[nH]c1c3ccoc3ccc21. The maximum absolute atomic E-state index is 6.14. The van der Waals surface area contributed by atoms with E-state index in [4.69, 9.17) is 30.4 Å².